The smallest absolute Gasteiger partial charge is 0.166 e. The minimum Gasteiger partial charge on any atom is -0.485 e. The molecule has 2 aromatic heterocycles. The number of anilines is 1. The van der Waals surface area contributed by atoms with E-state index in [2.05, 4.69) is 21.9 Å². The second-order valence-electron chi connectivity index (χ2n) is 8.54. The van der Waals surface area contributed by atoms with Gasteiger partial charge in [0.05, 0.1) is 12.2 Å². The Kier molecular flexibility index (Phi) is 6.06. The number of nitrogens with one attached hydrogen (secondary N) is 1. The first-order chi connectivity index (χ1) is 15.8. The molecule has 0 spiro atoms. The Balaban J connectivity index is 1.47. The van der Waals surface area contributed by atoms with Crippen molar-refractivity contribution < 1.29 is 11.3 Å². The maximum absolute atomic E-state index is 9.80. The van der Waals surface area contributed by atoms with Crippen LogP contribution in [-0.4, -0.2) is 38.6 Å². The van der Waals surface area contributed by atoms with Gasteiger partial charge in [-0.05, 0) is 57.0 Å². The molecule has 1 fully saturated rings. The van der Waals surface area contributed by atoms with E-state index in [1.54, 1.807) is 25.4 Å². The van der Waals surface area contributed by atoms with Gasteiger partial charge in [0.15, 0.2) is 11.6 Å². The highest BCUT2D eigenvalue weighted by Gasteiger charge is 2.16. The number of hydrogen-bond donors (Lipinski definition) is 3. The van der Waals surface area contributed by atoms with Crippen molar-refractivity contribution in [3.63, 3.8) is 0 Å². The second-order valence-corrected chi connectivity index (χ2v) is 8.54. The number of nitrogens with zero attached hydrogens (tertiary/aromatic N) is 3. The van der Waals surface area contributed by atoms with Crippen LogP contribution in [0.4, 0.5) is 5.82 Å². The number of aliphatic hydroxyl groups is 1. The van der Waals surface area contributed by atoms with E-state index in [9.17, 15) is 5.11 Å². The first kappa shape index (κ1) is 20.6. The summed E-state index contributed by atoms with van der Waals surface area (Å²) in [6.45, 7) is 5.10. The Labute approximate surface area is 190 Å². The van der Waals surface area contributed by atoms with Crippen LogP contribution < -0.4 is 15.8 Å². The molecule has 7 nitrogen and oxygen atoms in total. The number of benzene rings is 1. The van der Waals surface area contributed by atoms with Crippen LogP contribution in [0.5, 0.6) is 5.75 Å². The quantitative estimate of drug-likeness (QED) is 0.536. The summed E-state index contributed by atoms with van der Waals surface area (Å²) in [5.74, 6) is 6.62. The summed E-state index contributed by atoms with van der Waals surface area (Å²) < 4.78 is 15.8. The standard InChI is InChI=1S/C25H29N5O2/c1-25(2,31)9-8-18-5-3-6-19(11-18)17-32-23-12-20(13-28-24(23)26)21-14-29-30(16-21)22-7-4-10-27-15-22/h3,5-6,11-14,16,22,27,31H,4,7,10,15,17H2,1-2H3,(H2,26,28)/i/hD. The van der Waals surface area contributed by atoms with E-state index in [0.29, 0.717) is 24.7 Å². The van der Waals surface area contributed by atoms with Gasteiger partial charge >= 0.3 is 0 Å². The van der Waals surface area contributed by atoms with Crippen molar-refractivity contribution in [2.24, 2.45) is 0 Å². The van der Waals surface area contributed by atoms with Gasteiger partial charge in [-0.2, -0.15) is 5.10 Å². The third kappa shape index (κ3) is 5.67. The van der Waals surface area contributed by atoms with Gasteiger partial charge in [0.25, 0.3) is 0 Å². The van der Waals surface area contributed by atoms with E-state index in [-0.39, 0.29) is 6.04 Å². The topological polar surface area (TPSA) is 98.2 Å². The normalized spacial score (nSPS) is 17.3. The fourth-order valence-corrected chi connectivity index (χ4v) is 3.53. The van der Waals surface area contributed by atoms with Crippen LogP contribution in [0.15, 0.2) is 48.9 Å². The number of nitrogen functional groups attached to an aromatic ring is 1. The van der Waals surface area contributed by atoms with Crippen molar-refractivity contribution in [1.29, 1.82) is 0 Å². The number of aromatic nitrogens is 3. The van der Waals surface area contributed by atoms with Crippen LogP contribution in [0.3, 0.4) is 0 Å². The van der Waals surface area contributed by atoms with Crippen molar-refractivity contribution >= 4 is 5.82 Å². The van der Waals surface area contributed by atoms with E-state index in [1.807, 2.05) is 47.4 Å². The van der Waals surface area contributed by atoms with Gasteiger partial charge in [-0.25, -0.2) is 4.98 Å². The molecule has 0 bridgehead atoms. The highest BCUT2D eigenvalue weighted by atomic mass is 16.5. The number of rotatable bonds is 5. The second kappa shape index (κ2) is 9.43. The van der Waals surface area contributed by atoms with Crippen molar-refractivity contribution in [2.45, 2.75) is 44.9 Å². The molecule has 1 atom stereocenters. The Morgan fingerprint density at radius 2 is 2.22 bits per heavy atom. The molecule has 0 radical (unpaired) electrons. The van der Waals surface area contributed by atoms with Crippen LogP contribution in [0.2, 0.25) is 1.41 Å². The Morgan fingerprint density at radius 1 is 1.34 bits per heavy atom. The molecular formula is C25H29N5O2. The summed E-state index contributed by atoms with van der Waals surface area (Å²) in [5, 5.41) is 15.9. The van der Waals surface area contributed by atoms with Crippen LogP contribution >= 0.6 is 0 Å². The molecule has 0 saturated carbocycles. The monoisotopic (exact) mass is 432 g/mol. The Hall–Kier alpha value is -3.34. The summed E-state index contributed by atoms with van der Waals surface area (Å²) in [6, 6.07) is 9.75. The molecule has 4 rings (SSSR count). The number of nitrogens with two attached hydrogens (primary N) is 1. The van der Waals surface area contributed by atoms with Crippen molar-refractivity contribution in [3.8, 4) is 28.7 Å². The Morgan fingerprint density at radius 3 is 3.03 bits per heavy atom. The van der Waals surface area contributed by atoms with Crippen LogP contribution in [-0.2, 0) is 6.61 Å². The summed E-state index contributed by atoms with van der Waals surface area (Å²) in [7, 11) is 0. The zero-order valence-corrected chi connectivity index (χ0v) is 18.5. The van der Waals surface area contributed by atoms with E-state index in [1.165, 1.54) is 0 Å². The molecule has 1 saturated heterocycles. The van der Waals surface area contributed by atoms with E-state index >= 15 is 0 Å². The van der Waals surface area contributed by atoms with Crippen LogP contribution in [0.25, 0.3) is 11.1 Å². The number of hydrogen-bond acceptors (Lipinski definition) is 6. The van der Waals surface area contributed by atoms with Gasteiger partial charge in [-0.1, -0.05) is 24.0 Å². The lowest BCUT2D eigenvalue weighted by Gasteiger charge is -2.22. The van der Waals surface area contributed by atoms with Crippen molar-refractivity contribution in [3.05, 3.63) is 60.0 Å². The highest BCUT2D eigenvalue weighted by Crippen LogP contribution is 2.28. The van der Waals surface area contributed by atoms with Gasteiger partial charge in [0.2, 0.25) is 0 Å². The summed E-state index contributed by atoms with van der Waals surface area (Å²) in [5.41, 5.74) is 8.56. The first-order valence-corrected chi connectivity index (χ1v) is 10.8. The van der Waals surface area contributed by atoms with Crippen LogP contribution in [0, 0.1) is 11.8 Å². The average molecular weight is 433 g/mol. The minimum atomic E-state index is -1.04. The lowest BCUT2D eigenvalue weighted by Crippen LogP contribution is -2.31. The molecule has 3 heterocycles. The summed E-state index contributed by atoms with van der Waals surface area (Å²) in [6.07, 6.45) is 7.53. The van der Waals surface area contributed by atoms with Gasteiger partial charge in [-0.3, -0.25) is 4.68 Å². The fraction of sp³-hybridized carbons (Fsp3) is 0.360. The zero-order chi connectivity index (χ0) is 23.4. The number of piperidine rings is 1. The molecule has 1 unspecified atom stereocenters. The van der Waals surface area contributed by atoms with Gasteiger partial charge in [0, 0.05) is 35.6 Å². The molecule has 7 heteroatoms. The Bertz CT molecular complexity index is 1180. The van der Waals surface area contributed by atoms with Gasteiger partial charge in [-0.15, -0.1) is 0 Å². The predicted molar refractivity (Wildman–Crippen MR) is 125 cm³/mol. The molecule has 0 aliphatic carbocycles. The first-order valence-electron chi connectivity index (χ1n) is 11.2. The third-order valence-corrected chi connectivity index (χ3v) is 5.22. The number of ether oxygens (including phenoxy) is 1. The minimum absolute atomic E-state index is 0.203. The maximum atomic E-state index is 9.80. The molecule has 1 aliphatic heterocycles. The lowest BCUT2D eigenvalue weighted by atomic mass is 10.1. The van der Waals surface area contributed by atoms with E-state index in [0.717, 1.165) is 41.6 Å². The van der Waals surface area contributed by atoms with Crippen LogP contribution in [0.1, 0.15) is 43.9 Å². The van der Waals surface area contributed by atoms with Crippen molar-refractivity contribution in [2.75, 3.05) is 18.8 Å². The molecule has 3 aromatic rings. The molecule has 1 aromatic carbocycles. The van der Waals surface area contributed by atoms with Gasteiger partial charge in [0.1, 0.15) is 13.6 Å². The summed E-state index contributed by atoms with van der Waals surface area (Å²) >= 11 is 0. The summed E-state index contributed by atoms with van der Waals surface area (Å²) in [4.78, 5) is 4.30. The third-order valence-electron chi connectivity index (χ3n) is 5.22. The van der Waals surface area contributed by atoms with E-state index < -0.39 is 5.60 Å². The fourth-order valence-electron chi connectivity index (χ4n) is 3.53. The molecule has 32 heavy (non-hydrogen) atoms. The molecule has 166 valence electrons. The van der Waals surface area contributed by atoms with Crippen molar-refractivity contribution in [1.82, 2.24) is 20.1 Å². The SMILES string of the molecule is [2H]N1CCCC(n2cc(-c3cnc(N)c(OCc4cccc(C#CC(C)(C)O)c4)c3)cn2)C1. The largest absolute Gasteiger partial charge is 0.485 e. The molecule has 4 N–H and O–H groups in total. The molecule has 0 amide bonds. The number of pyridine rings is 1. The maximum Gasteiger partial charge on any atom is 0.166 e. The lowest BCUT2D eigenvalue weighted by molar-refractivity contribution is 0.143. The molecular weight excluding hydrogens is 402 g/mol. The average Bonchev–Trinajstić information content (AvgIpc) is 3.27. The highest BCUT2D eigenvalue weighted by molar-refractivity contribution is 5.65. The van der Waals surface area contributed by atoms with E-state index in [4.69, 9.17) is 11.9 Å². The molecule has 1 aliphatic rings. The zero-order valence-electron chi connectivity index (χ0n) is 19.5. The van der Waals surface area contributed by atoms with Gasteiger partial charge < -0.3 is 20.9 Å². The predicted octanol–water partition coefficient (Wildman–Crippen LogP) is 3.15.